The number of methoxy groups -OCH3 is 1. The number of nitrogens with zero attached hydrogens (tertiary/aromatic N) is 1. The Morgan fingerprint density at radius 1 is 1.28 bits per heavy atom. The fourth-order valence-electron chi connectivity index (χ4n) is 2.77. The molecule has 2 heteroatoms. The summed E-state index contributed by atoms with van der Waals surface area (Å²) in [5.41, 5.74) is 4.64. The van der Waals surface area contributed by atoms with Crippen LogP contribution in [0, 0.1) is 0 Å². The van der Waals surface area contributed by atoms with Gasteiger partial charge in [0.1, 0.15) is 0 Å². The van der Waals surface area contributed by atoms with Crippen molar-refractivity contribution < 1.29 is 4.74 Å². The summed E-state index contributed by atoms with van der Waals surface area (Å²) in [6, 6.07) is 6.77. The van der Waals surface area contributed by atoms with Crippen molar-refractivity contribution in [3.05, 3.63) is 29.3 Å². The van der Waals surface area contributed by atoms with Gasteiger partial charge in [0.25, 0.3) is 0 Å². The van der Waals surface area contributed by atoms with Gasteiger partial charge in [-0.1, -0.05) is 39.0 Å². The minimum atomic E-state index is 0.202. The minimum Gasteiger partial charge on any atom is -0.383 e. The molecule has 1 heterocycles. The van der Waals surface area contributed by atoms with Crippen molar-refractivity contribution in [2.45, 2.75) is 39.0 Å². The van der Waals surface area contributed by atoms with Gasteiger partial charge in [-0.15, -0.1) is 0 Å². The summed E-state index contributed by atoms with van der Waals surface area (Å²) in [5.74, 6) is 0. The quantitative estimate of drug-likeness (QED) is 0.812. The zero-order chi connectivity index (χ0) is 13.2. The summed E-state index contributed by atoms with van der Waals surface area (Å²) in [7, 11) is 1.78. The molecule has 0 atom stereocenters. The molecule has 0 radical (unpaired) electrons. The van der Waals surface area contributed by atoms with Crippen LogP contribution in [0.2, 0.25) is 0 Å². The fourth-order valence-corrected chi connectivity index (χ4v) is 2.77. The standard InChI is InChI=1S/C16H25NO/c1-16(2,3)14-9-5-7-13-8-6-10-17(15(13)14)11-12-18-4/h5,7,9H,6,8,10-12H2,1-4H3. The summed E-state index contributed by atoms with van der Waals surface area (Å²) < 4.78 is 5.24. The van der Waals surface area contributed by atoms with Crippen LogP contribution in [0.15, 0.2) is 18.2 Å². The molecule has 0 fully saturated rings. The molecule has 1 aliphatic heterocycles. The molecular formula is C16H25NO. The van der Waals surface area contributed by atoms with E-state index in [0.717, 1.165) is 19.7 Å². The maximum absolute atomic E-state index is 5.24. The molecule has 18 heavy (non-hydrogen) atoms. The third-order valence-electron chi connectivity index (χ3n) is 3.68. The van der Waals surface area contributed by atoms with E-state index in [0.29, 0.717) is 0 Å². The highest BCUT2D eigenvalue weighted by Gasteiger charge is 2.25. The smallest absolute Gasteiger partial charge is 0.0637 e. The highest BCUT2D eigenvalue weighted by atomic mass is 16.5. The molecule has 1 aromatic rings. The summed E-state index contributed by atoms with van der Waals surface area (Å²) in [6.45, 7) is 9.85. The Morgan fingerprint density at radius 3 is 2.72 bits per heavy atom. The monoisotopic (exact) mass is 247 g/mol. The number of rotatable bonds is 3. The van der Waals surface area contributed by atoms with E-state index < -0.39 is 0 Å². The lowest BCUT2D eigenvalue weighted by Crippen LogP contribution is -2.34. The first-order chi connectivity index (χ1) is 8.54. The van der Waals surface area contributed by atoms with Crippen molar-refractivity contribution >= 4 is 5.69 Å². The molecule has 1 aliphatic rings. The molecule has 0 saturated carbocycles. The molecular weight excluding hydrogens is 222 g/mol. The van der Waals surface area contributed by atoms with Crippen molar-refractivity contribution in [1.82, 2.24) is 0 Å². The van der Waals surface area contributed by atoms with E-state index >= 15 is 0 Å². The average Bonchev–Trinajstić information content (AvgIpc) is 2.34. The van der Waals surface area contributed by atoms with Gasteiger partial charge in [-0.05, 0) is 29.4 Å². The van der Waals surface area contributed by atoms with E-state index in [1.807, 2.05) is 0 Å². The summed E-state index contributed by atoms with van der Waals surface area (Å²) in [6.07, 6.45) is 2.47. The molecule has 0 unspecified atom stereocenters. The van der Waals surface area contributed by atoms with E-state index in [-0.39, 0.29) is 5.41 Å². The summed E-state index contributed by atoms with van der Waals surface area (Å²) in [4.78, 5) is 2.50. The Hall–Kier alpha value is -1.02. The van der Waals surface area contributed by atoms with Crippen molar-refractivity contribution in [2.75, 3.05) is 31.7 Å². The molecule has 0 N–H and O–H groups in total. The molecule has 0 amide bonds. The third-order valence-corrected chi connectivity index (χ3v) is 3.68. The van der Waals surface area contributed by atoms with Gasteiger partial charge in [0.15, 0.2) is 0 Å². The van der Waals surface area contributed by atoms with Crippen LogP contribution in [0.25, 0.3) is 0 Å². The van der Waals surface area contributed by atoms with Crippen LogP contribution in [-0.4, -0.2) is 26.8 Å². The fraction of sp³-hybridized carbons (Fsp3) is 0.625. The normalized spacial score (nSPS) is 15.7. The van der Waals surface area contributed by atoms with Crippen molar-refractivity contribution in [1.29, 1.82) is 0 Å². The number of ether oxygens (including phenoxy) is 1. The predicted octanol–water partition coefficient (Wildman–Crippen LogP) is 3.38. The Labute approximate surface area is 111 Å². The van der Waals surface area contributed by atoms with Gasteiger partial charge in [0.2, 0.25) is 0 Å². The number of para-hydroxylation sites is 1. The molecule has 0 spiro atoms. The number of hydrogen-bond donors (Lipinski definition) is 0. The average molecular weight is 247 g/mol. The van der Waals surface area contributed by atoms with Gasteiger partial charge >= 0.3 is 0 Å². The second-order valence-electron chi connectivity index (χ2n) is 6.15. The van der Waals surface area contributed by atoms with E-state index in [4.69, 9.17) is 4.74 Å². The highest BCUT2D eigenvalue weighted by Crippen LogP contribution is 2.37. The molecule has 0 aliphatic carbocycles. The largest absolute Gasteiger partial charge is 0.383 e. The Morgan fingerprint density at radius 2 is 2.06 bits per heavy atom. The Kier molecular flexibility index (Phi) is 3.96. The lowest BCUT2D eigenvalue weighted by Gasteiger charge is -2.36. The second-order valence-corrected chi connectivity index (χ2v) is 6.15. The summed E-state index contributed by atoms with van der Waals surface area (Å²) in [5, 5.41) is 0. The zero-order valence-electron chi connectivity index (χ0n) is 12.1. The van der Waals surface area contributed by atoms with Gasteiger partial charge in [0, 0.05) is 25.9 Å². The lowest BCUT2D eigenvalue weighted by atomic mass is 9.82. The van der Waals surface area contributed by atoms with E-state index in [2.05, 4.69) is 43.9 Å². The van der Waals surface area contributed by atoms with Crippen LogP contribution >= 0.6 is 0 Å². The Bertz CT molecular complexity index is 406. The van der Waals surface area contributed by atoms with Gasteiger partial charge in [-0.25, -0.2) is 0 Å². The first kappa shape index (κ1) is 13.4. The number of hydrogen-bond acceptors (Lipinski definition) is 2. The molecule has 2 rings (SSSR count). The second kappa shape index (κ2) is 5.31. The lowest BCUT2D eigenvalue weighted by molar-refractivity contribution is 0.204. The first-order valence-corrected chi connectivity index (χ1v) is 6.90. The summed E-state index contributed by atoms with van der Waals surface area (Å²) >= 11 is 0. The highest BCUT2D eigenvalue weighted by molar-refractivity contribution is 5.63. The van der Waals surface area contributed by atoms with Crippen LogP contribution < -0.4 is 4.90 Å². The number of aryl methyl sites for hydroxylation is 1. The van der Waals surface area contributed by atoms with Crippen LogP contribution in [0.1, 0.15) is 38.3 Å². The SMILES string of the molecule is COCCN1CCCc2cccc(C(C)(C)C)c21. The van der Waals surface area contributed by atoms with E-state index in [9.17, 15) is 0 Å². The van der Waals surface area contributed by atoms with Crippen molar-refractivity contribution in [3.8, 4) is 0 Å². The molecule has 0 saturated heterocycles. The molecule has 0 aromatic heterocycles. The molecule has 1 aromatic carbocycles. The molecule has 100 valence electrons. The predicted molar refractivity (Wildman–Crippen MR) is 77.6 cm³/mol. The van der Waals surface area contributed by atoms with Gasteiger partial charge in [-0.2, -0.15) is 0 Å². The maximum Gasteiger partial charge on any atom is 0.0637 e. The Balaban J connectivity index is 2.40. The van der Waals surface area contributed by atoms with Crippen LogP contribution in [0.3, 0.4) is 0 Å². The zero-order valence-corrected chi connectivity index (χ0v) is 12.1. The first-order valence-electron chi connectivity index (χ1n) is 6.90. The van der Waals surface area contributed by atoms with Crippen LogP contribution in [0.4, 0.5) is 5.69 Å². The number of anilines is 1. The topological polar surface area (TPSA) is 12.5 Å². The van der Waals surface area contributed by atoms with Gasteiger partial charge < -0.3 is 9.64 Å². The van der Waals surface area contributed by atoms with Crippen LogP contribution in [-0.2, 0) is 16.6 Å². The molecule has 2 nitrogen and oxygen atoms in total. The maximum atomic E-state index is 5.24. The van der Waals surface area contributed by atoms with Gasteiger partial charge in [0.05, 0.1) is 6.61 Å². The van der Waals surface area contributed by atoms with E-state index in [1.54, 1.807) is 7.11 Å². The van der Waals surface area contributed by atoms with Crippen molar-refractivity contribution in [3.63, 3.8) is 0 Å². The van der Waals surface area contributed by atoms with E-state index in [1.165, 1.54) is 29.7 Å². The third kappa shape index (κ3) is 2.69. The molecule has 0 bridgehead atoms. The van der Waals surface area contributed by atoms with Gasteiger partial charge in [-0.3, -0.25) is 0 Å². The van der Waals surface area contributed by atoms with Crippen molar-refractivity contribution in [2.24, 2.45) is 0 Å². The van der Waals surface area contributed by atoms with Crippen LogP contribution in [0.5, 0.6) is 0 Å². The number of fused-ring (bicyclic) bond motifs is 1. The number of benzene rings is 1. The minimum absolute atomic E-state index is 0.202.